The number of rotatable bonds is 5. The standard InChI is InChI=1S/C21H19ClF5NO3S/c1-20(2,32(30,31)16-9-13(21(25,26)27)6-14(23)10-16)12-7-15(8-12)28-19(29)11-3-4-18(24)17(22)5-11/h3-6,9-10,12,15H,7-8H2,1-2H3,(H,28,29)/t12-,15-. The number of hydrogen-bond donors (Lipinski definition) is 1. The van der Waals surface area contributed by atoms with Gasteiger partial charge in [-0.25, -0.2) is 17.2 Å². The van der Waals surface area contributed by atoms with Gasteiger partial charge in [-0.05, 0) is 69.0 Å². The SMILES string of the molecule is CC(C)([C@H]1C[C@H](NC(=O)c2ccc(F)c(Cl)c2)C1)S(=O)(=O)c1cc(F)cc(C(F)(F)F)c1. The molecule has 0 atom stereocenters. The minimum absolute atomic E-state index is 0.131. The molecule has 0 radical (unpaired) electrons. The number of halogens is 6. The van der Waals surface area contributed by atoms with Crippen molar-refractivity contribution in [3.8, 4) is 0 Å². The Kier molecular flexibility index (Phi) is 6.34. The third-order valence-corrected chi connectivity index (χ3v) is 8.70. The van der Waals surface area contributed by atoms with E-state index in [9.17, 15) is 35.2 Å². The van der Waals surface area contributed by atoms with Crippen molar-refractivity contribution >= 4 is 27.3 Å². The van der Waals surface area contributed by atoms with E-state index in [1.54, 1.807) is 0 Å². The number of sulfone groups is 1. The van der Waals surface area contributed by atoms with E-state index in [-0.39, 0.29) is 35.5 Å². The molecule has 1 amide bonds. The topological polar surface area (TPSA) is 63.2 Å². The molecule has 0 bridgehead atoms. The molecule has 2 aromatic rings. The summed E-state index contributed by atoms with van der Waals surface area (Å²) in [5, 5.41) is 2.47. The Labute approximate surface area is 186 Å². The summed E-state index contributed by atoms with van der Waals surface area (Å²) in [6, 6.07) is 4.32. The molecule has 1 fully saturated rings. The van der Waals surface area contributed by atoms with Gasteiger partial charge in [0.15, 0.2) is 9.84 Å². The molecule has 0 saturated heterocycles. The Bertz CT molecular complexity index is 1160. The van der Waals surface area contributed by atoms with Crippen LogP contribution in [0, 0.1) is 17.6 Å². The van der Waals surface area contributed by atoms with Crippen molar-refractivity contribution in [2.24, 2.45) is 5.92 Å². The van der Waals surface area contributed by atoms with Gasteiger partial charge in [0.2, 0.25) is 0 Å². The van der Waals surface area contributed by atoms with Crippen LogP contribution in [0.4, 0.5) is 22.0 Å². The maximum Gasteiger partial charge on any atom is 0.416 e. The van der Waals surface area contributed by atoms with E-state index in [1.807, 2.05) is 0 Å². The zero-order valence-corrected chi connectivity index (χ0v) is 18.5. The fourth-order valence-electron chi connectivity index (χ4n) is 3.61. The third-order valence-electron chi connectivity index (χ3n) is 5.84. The van der Waals surface area contributed by atoms with Crippen LogP contribution in [-0.4, -0.2) is 25.1 Å². The molecular weight excluding hydrogens is 477 g/mol. The van der Waals surface area contributed by atoms with E-state index in [0.29, 0.717) is 12.1 Å². The molecule has 11 heteroatoms. The first-order chi connectivity index (χ1) is 14.6. The lowest BCUT2D eigenvalue weighted by atomic mass is 9.73. The quantitative estimate of drug-likeness (QED) is 0.565. The van der Waals surface area contributed by atoms with Crippen molar-refractivity contribution in [2.45, 2.75) is 48.5 Å². The van der Waals surface area contributed by atoms with Gasteiger partial charge in [-0.15, -0.1) is 0 Å². The highest BCUT2D eigenvalue weighted by Crippen LogP contribution is 2.44. The van der Waals surface area contributed by atoms with Crippen molar-refractivity contribution in [1.29, 1.82) is 0 Å². The zero-order chi connectivity index (χ0) is 24.1. The molecule has 0 heterocycles. The second-order valence-electron chi connectivity index (χ2n) is 8.25. The van der Waals surface area contributed by atoms with E-state index in [4.69, 9.17) is 11.6 Å². The van der Waals surface area contributed by atoms with Gasteiger partial charge >= 0.3 is 6.18 Å². The van der Waals surface area contributed by atoms with Gasteiger partial charge in [0.25, 0.3) is 5.91 Å². The van der Waals surface area contributed by atoms with Crippen molar-refractivity contribution in [1.82, 2.24) is 5.32 Å². The molecular formula is C21H19ClF5NO3S. The lowest BCUT2D eigenvalue weighted by molar-refractivity contribution is -0.137. The van der Waals surface area contributed by atoms with Crippen molar-refractivity contribution in [3.63, 3.8) is 0 Å². The molecule has 174 valence electrons. The number of hydrogen-bond acceptors (Lipinski definition) is 3. The molecule has 0 aliphatic heterocycles. The monoisotopic (exact) mass is 495 g/mol. The van der Waals surface area contributed by atoms with Crippen LogP contribution in [0.3, 0.4) is 0 Å². The largest absolute Gasteiger partial charge is 0.416 e. The Morgan fingerprint density at radius 2 is 1.69 bits per heavy atom. The predicted octanol–water partition coefficient (Wildman–Crippen LogP) is 5.40. The maximum absolute atomic E-state index is 13.7. The first kappa shape index (κ1) is 24.4. The van der Waals surface area contributed by atoms with E-state index in [2.05, 4.69) is 5.32 Å². The molecule has 1 aliphatic carbocycles. The van der Waals surface area contributed by atoms with Gasteiger partial charge in [0.1, 0.15) is 11.6 Å². The van der Waals surface area contributed by atoms with Crippen molar-refractivity contribution < 1.29 is 35.2 Å². The van der Waals surface area contributed by atoms with Crippen LogP contribution in [0.5, 0.6) is 0 Å². The van der Waals surface area contributed by atoms with Gasteiger partial charge in [-0.1, -0.05) is 11.6 Å². The number of carbonyl (C=O) groups is 1. The van der Waals surface area contributed by atoms with E-state index in [1.165, 1.54) is 26.0 Å². The van der Waals surface area contributed by atoms with Crippen LogP contribution < -0.4 is 5.32 Å². The molecule has 0 aromatic heterocycles. The summed E-state index contributed by atoms with van der Waals surface area (Å²) in [4.78, 5) is 11.5. The average Bonchev–Trinajstić information content (AvgIpc) is 2.64. The Balaban J connectivity index is 1.73. The van der Waals surface area contributed by atoms with Crippen LogP contribution in [0.25, 0.3) is 0 Å². The van der Waals surface area contributed by atoms with Crippen LogP contribution in [-0.2, 0) is 16.0 Å². The summed E-state index contributed by atoms with van der Waals surface area (Å²) >= 11 is 5.67. The van der Waals surface area contributed by atoms with E-state index in [0.717, 1.165) is 6.07 Å². The molecule has 3 rings (SSSR count). The molecule has 1 aliphatic rings. The van der Waals surface area contributed by atoms with E-state index >= 15 is 0 Å². The average molecular weight is 496 g/mol. The number of alkyl halides is 3. The first-order valence-electron chi connectivity index (χ1n) is 9.51. The maximum atomic E-state index is 13.7. The summed E-state index contributed by atoms with van der Waals surface area (Å²) < 4.78 is 90.6. The summed E-state index contributed by atoms with van der Waals surface area (Å²) in [6.07, 6.45) is -4.41. The number of nitrogens with one attached hydrogen (secondary N) is 1. The van der Waals surface area contributed by atoms with Gasteiger partial charge in [0, 0.05) is 11.6 Å². The van der Waals surface area contributed by atoms with Crippen LogP contribution in [0.2, 0.25) is 5.02 Å². The number of amides is 1. The lowest BCUT2D eigenvalue weighted by Crippen LogP contribution is -2.53. The predicted molar refractivity (Wildman–Crippen MR) is 108 cm³/mol. The molecule has 1 N–H and O–H groups in total. The van der Waals surface area contributed by atoms with E-state index < -0.39 is 54.7 Å². The Morgan fingerprint density at radius 3 is 2.25 bits per heavy atom. The van der Waals surface area contributed by atoms with Gasteiger partial charge < -0.3 is 5.32 Å². The molecule has 1 saturated carbocycles. The van der Waals surface area contributed by atoms with Crippen LogP contribution in [0.1, 0.15) is 42.6 Å². The number of carbonyl (C=O) groups excluding carboxylic acids is 1. The minimum Gasteiger partial charge on any atom is -0.349 e. The molecule has 2 aromatic carbocycles. The Morgan fingerprint density at radius 1 is 1.06 bits per heavy atom. The van der Waals surface area contributed by atoms with Crippen molar-refractivity contribution in [2.75, 3.05) is 0 Å². The summed E-state index contributed by atoms with van der Waals surface area (Å²) in [5.74, 6) is -2.99. The smallest absolute Gasteiger partial charge is 0.349 e. The third kappa shape index (κ3) is 4.61. The lowest BCUT2D eigenvalue weighted by Gasteiger charge is -2.45. The first-order valence-corrected chi connectivity index (χ1v) is 11.4. The highest BCUT2D eigenvalue weighted by atomic mass is 35.5. The minimum atomic E-state index is -4.90. The highest BCUT2D eigenvalue weighted by Gasteiger charge is 2.49. The van der Waals surface area contributed by atoms with Gasteiger partial charge in [-0.3, -0.25) is 4.79 Å². The normalized spacial score (nSPS) is 19.4. The van der Waals surface area contributed by atoms with Gasteiger partial charge in [0.05, 0.1) is 20.2 Å². The number of benzene rings is 2. The zero-order valence-electron chi connectivity index (χ0n) is 16.9. The molecule has 0 spiro atoms. The van der Waals surface area contributed by atoms with Gasteiger partial charge in [-0.2, -0.15) is 13.2 Å². The summed E-state index contributed by atoms with van der Waals surface area (Å²) in [6.45, 7) is 2.73. The van der Waals surface area contributed by atoms with Crippen molar-refractivity contribution in [3.05, 3.63) is 64.2 Å². The fraction of sp³-hybridized carbons (Fsp3) is 0.381. The summed E-state index contributed by atoms with van der Waals surface area (Å²) in [7, 11) is -4.33. The fourth-order valence-corrected chi connectivity index (χ4v) is 5.58. The second kappa shape index (κ2) is 8.30. The summed E-state index contributed by atoms with van der Waals surface area (Å²) in [5.41, 5.74) is -1.25. The second-order valence-corrected chi connectivity index (χ2v) is 11.2. The van der Waals surface area contributed by atoms with Crippen LogP contribution >= 0.6 is 11.6 Å². The molecule has 32 heavy (non-hydrogen) atoms. The Hall–Kier alpha value is -2.20. The molecule has 4 nitrogen and oxygen atoms in total. The highest BCUT2D eigenvalue weighted by molar-refractivity contribution is 7.92. The van der Waals surface area contributed by atoms with Crippen LogP contribution in [0.15, 0.2) is 41.3 Å². The molecule has 0 unspecified atom stereocenters.